The Hall–Kier alpha value is -3.67. The molecule has 0 atom stereocenters. The number of hydrogen-bond acceptors (Lipinski definition) is 3. The number of carbonyl (C=O) groups excluding carboxylic acids is 1. The number of amides is 1. The topological polar surface area (TPSA) is 68.9 Å². The molecule has 0 fully saturated rings. The molecule has 0 unspecified atom stereocenters. The van der Waals surface area contributed by atoms with Crippen LogP contribution < -0.4 is 10.9 Å². The van der Waals surface area contributed by atoms with E-state index >= 15 is 0 Å². The molecule has 2 heterocycles. The monoisotopic (exact) mass is 400 g/mol. The summed E-state index contributed by atoms with van der Waals surface area (Å²) in [6.07, 6.45) is 3.49. The molecule has 0 aliphatic carbocycles. The third-order valence-corrected chi connectivity index (χ3v) is 5.22. The molecule has 1 N–H and O–H groups in total. The fraction of sp³-hybridized carbons (Fsp3) is 0.208. The third kappa shape index (κ3) is 3.76. The lowest BCUT2D eigenvalue weighted by Gasteiger charge is -2.13. The van der Waals surface area contributed by atoms with E-state index in [1.807, 2.05) is 48.5 Å². The molecular weight excluding hydrogens is 376 g/mol. The summed E-state index contributed by atoms with van der Waals surface area (Å²) in [5.41, 5.74) is 4.11. The second kappa shape index (κ2) is 8.37. The Morgan fingerprint density at radius 1 is 0.933 bits per heavy atom. The second-order valence-corrected chi connectivity index (χ2v) is 7.17. The maximum absolute atomic E-state index is 13.1. The number of pyridine rings is 1. The standard InChI is InChI=1S/C24H24N4O2/c1-3-17-7-11-19(12-8-17)26-22(29)16-27-23-21(6-5-15-25-23)24(30)28(27)20-13-9-18(4-2)10-14-20/h5-15H,3-4,16H2,1-2H3,(H,26,29). The molecule has 0 saturated carbocycles. The zero-order valence-corrected chi connectivity index (χ0v) is 17.1. The first-order valence-corrected chi connectivity index (χ1v) is 10.2. The van der Waals surface area contributed by atoms with Gasteiger partial charge in [-0.1, -0.05) is 38.1 Å². The van der Waals surface area contributed by atoms with Gasteiger partial charge in [0.15, 0.2) is 5.65 Å². The fourth-order valence-corrected chi connectivity index (χ4v) is 3.52. The molecule has 0 saturated heterocycles. The maximum atomic E-state index is 13.1. The SMILES string of the molecule is CCc1ccc(NC(=O)Cn2c3ncccc3c(=O)n2-c2ccc(CC)cc2)cc1. The Morgan fingerprint density at radius 3 is 2.20 bits per heavy atom. The van der Waals surface area contributed by atoms with Gasteiger partial charge in [0.1, 0.15) is 6.54 Å². The Morgan fingerprint density at radius 2 is 1.57 bits per heavy atom. The zero-order valence-electron chi connectivity index (χ0n) is 17.1. The largest absolute Gasteiger partial charge is 0.324 e. The number of hydrogen-bond donors (Lipinski definition) is 1. The first kappa shape index (κ1) is 19.6. The number of nitrogens with one attached hydrogen (secondary N) is 1. The summed E-state index contributed by atoms with van der Waals surface area (Å²) in [4.78, 5) is 30.2. The molecule has 4 aromatic rings. The van der Waals surface area contributed by atoms with E-state index < -0.39 is 0 Å². The van der Waals surface area contributed by atoms with Gasteiger partial charge in [-0.15, -0.1) is 0 Å². The molecule has 0 aliphatic rings. The van der Waals surface area contributed by atoms with Crippen molar-refractivity contribution in [3.63, 3.8) is 0 Å². The summed E-state index contributed by atoms with van der Waals surface area (Å²) in [7, 11) is 0. The van der Waals surface area contributed by atoms with Crippen LogP contribution in [0.2, 0.25) is 0 Å². The maximum Gasteiger partial charge on any atom is 0.280 e. The molecule has 30 heavy (non-hydrogen) atoms. The Kier molecular flexibility index (Phi) is 5.48. The molecule has 2 aromatic heterocycles. The highest BCUT2D eigenvalue weighted by molar-refractivity contribution is 5.91. The molecule has 6 nitrogen and oxygen atoms in total. The molecule has 0 spiro atoms. The van der Waals surface area contributed by atoms with Crippen LogP contribution in [0.3, 0.4) is 0 Å². The molecule has 2 aromatic carbocycles. The van der Waals surface area contributed by atoms with Gasteiger partial charge < -0.3 is 5.32 Å². The number of rotatable bonds is 6. The van der Waals surface area contributed by atoms with Crippen LogP contribution in [0.15, 0.2) is 71.7 Å². The van der Waals surface area contributed by atoms with E-state index in [2.05, 4.69) is 24.1 Å². The minimum Gasteiger partial charge on any atom is -0.324 e. The van der Waals surface area contributed by atoms with E-state index in [0.29, 0.717) is 16.7 Å². The van der Waals surface area contributed by atoms with Crippen LogP contribution in [-0.2, 0) is 24.2 Å². The molecular formula is C24H24N4O2. The number of anilines is 1. The fourth-order valence-electron chi connectivity index (χ4n) is 3.52. The van der Waals surface area contributed by atoms with Crippen molar-refractivity contribution < 1.29 is 4.79 Å². The lowest BCUT2D eigenvalue weighted by molar-refractivity contribution is -0.116. The summed E-state index contributed by atoms with van der Waals surface area (Å²) in [5, 5.41) is 3.39. The summed E-state index contributed by atoms with van der Waals surface area (Å²) >= 11 is 0. The smallest absolute Gasteiger partial charge is 0.280 e. The Bertz CT molecular complexity index is 1240. The summed E-state index contributed by atoms with van der Waals surface area (Å²) in [6.45, 7) is 4.14. The molecule has 0 aliphatic heterocycles. The van der Waals surface area contributed by atoms with Crippen molar-refractivity contribution in [1.29, 1.82) is 0 Å². The van der Waals surface area contributed by atoms with E-state index in [9.17, 15) is 9.59 Å². The van der Waals surface area contributed by atoms with Crippen molar-refractivity contribution in [3.8, 4) is 5.69 Å². The second-order valence-electron chi connectivity index (χ2n) is 7.17. The van der Waals surface area contributed by atoms with Crippen LogP contribution in [-0.4, -0.2) is 20.3 Å². The van der Waals surface area contributed by atoms with Crippen molar-refractivity contribution in [1.82, 2.24) is 14.3 Å². The zero-order chi connectivity index (χ0) is 21.1. The number of fused-ring (bicyclic) bond motifs is 1. The minimum atomic E-state index is -0.222. The van der Waals surface area contributed by atoms with Crippen molar-refractivity contribution in [2.75, 3.05) is 5.32 Å². The van der Waals surface area contributed by atoms with Crippen LogP contribution in [0.1, 0.15) is 25.0 Å². The van der Waals surface area contributed by atoms with Gasteiger partial charge in [-0.3, -0.25) is 14.3 Å². The van der Waals surface area contributed by atoms with Crippen molar-refractivity contribution in [3.05, 3.63) is 88.3 Å². The molecule has 4 rings (SSSR count). The van der Waals surface area contributed by atoms with E-state index in [-0.39, 0.29) is 18.0 Å². The van der Waals surface area contributed by atoms with Crippen molar-refractivity contribution in [2.24, 2.45) is 0 Å². The average molecular weight is 400 g/mol. The van der Waals surface area contributed by atoms with Crippen LogP contribution in [0.25, 0.3) is 16.7 Å². The number of aromatic nitrogens is 3. The Labute approximate surface area is 174 Å². The predicted molar refractivity (Wildman–Crippen MR) is 119 cm³/mol. The van der Waals surface area contributed by atoms with E-state index in [4.69, 9.17) is 0 Å². The molecule has 0 radical (unpaired) electrons. The van der Waals surface area contributed by atoms with Gasteiger partial charge >= 0.3 is 0 Å². The number of carbonyl (C=O) groups is 1. The van der Waals surface area contributed by atoms with Gasteiger partial charge in [-0.05, 0) is 60.4 Å². The highest BCUT2D eigenvalue weighted by atomic mass is 16.2. The van der Waals surface area contributed by atoms with Gasteiger partial charge in [0.25, 0.3) is 5.56 Å². The highest BCUT2D eigenvalue weighted by Gasteiger charge is 2.18. The summed E-state index contributed by atoms with van der Waals surface area (Å²) in [5.74, 6) is -0.222. The van der Waals surface area contributed by atoms with Crippen molar-refractivity contribution in [2.45, 2.75) is 33.2 Å². The first-order chi connectivity index (χ1) is 14.6. The molecule has 152 valence electrons. The van der Waals surface area contributed by atoms with Gasteiger partial charge in [-0.25, -0.2) is 9.67 Å². The van der Waals surface area contributed by atoms with E-state index in [1.54, 1.807) is 23.0 Å². The van der Waals surface area contributed by atoms with Crippen LogP contribution in [0, 0.1) is 0 Å². The summed E-state index contributed by atoms with van der Waals surface area (Å²) < 4.78 is 3.16. The predicted octanol–water partition coefficient (Wildman–Crippen LogP) is 3.95. The lowest BCUT2D eigenvalue weighted by atomic mass is 10.1. The van der Waals surface area contributed by atoms with Gasteiger partial charge in [0, 0.05) is 11.9 Å². The molecule has 6 heteroatoms. The van der Waals surface area contributed by atoms with Gasteiger partial charge in [-0.2, -0.15) is 0 Å². The third-order valence-electron chi connectivity index (χ3n) is 5.22. The van der Waals surface area contributed by atoms with Crippen LogP contribution >= 0.6 is 0 Å². The van der Waals surface area contributed by atoms with Gasteiger partial charge in [0.2, 0.25) is 5.91 Å². The average Bonchev–Trinajstić information content (AvgIpc) is 3.06. The van der Waals surface area contributed by atoms with E-state index in [0.717, 1.165) is 18.5 Å². The number of nitrogens with zero attached hydrogens (tertiary/aromatic N) is 3. The van der Waals surface area contributed by atoms with E-state index in [1.165, 1.54) is 15.8 Å². The van der Waals surface area contributed by atoms with Crippen LogP contribution in [0.4, 0.5) is 5.69 Å². The Balaban J connectivity index is 1.71. The highest BCUT2D eigenvalue weighted by Crippen LogP contribution is 2.16. The van der Waals surface area contributed by atoms with Gasteiger partial charge in [0.05, 0.1) is 11.1 Å². The van der Waals surface area contributed by atoms with Crippen LogP contribution in [0.5, 0.6) is 0 Å². The minimum absolute atomic E-state index is 0.0270. The lowest BCUT2D eigenvalue weighted by Crippen LogP contribution is -2.27. The number of aryl methyl sites for hydroxylation is 2. The van der Waals surface area contributed by atoms with Crippen molar-refractivity contribution >= 4 is 22.6 Å². The molecule has 1 amide bonds. The summed E-state index contributed by atoms with van der Waals surface area (Å²) in [6, 6.07) is 19.0. The molecule has 0 bridgehead atoms. The quantitative estimate of drug-likeness (QED) is 0.533. The number of benzene rings is 2. The normalized spacial score (nSPS) is 11.0. The first-order valence-electron chi connectivity index (χ1n) is 10.2.